The first-order chi connectivity index (χ1) is 6.74. The van der Waals surface area contributed by atoms with Gasteiger partial charge < -0.3 is 5.32 Å². The first kappa shape index (κ1) is 9.37. The van der Waals surface area contributed by atoms with Gasteiger partial charge in [-0.2, -0.15) is 4.39 Å². The van der Waals surface area contributed by atoms with Crippen molar-refractivity contribution in [2.24, 2.45) is 0 Å². The highest BCUT2D eigenvalue weighted by Crippen LogP contribution is 2.24. The predicted octanol–water partition coefficient (Wildman–Crippen LogP) is 2.52. The molecule has 2 rings (SSSR count). The topological polar surface area (TPSA) is 24.9 Å². The van der Waals surface area contributed by atoms with Crippen molar-refractivity contribution in [1.29, 1.82) is 0 Å². The molecule has 1 aliphatic carbocycles. The van der Waals surface area contributed by atoms with Crippen LogP contribution in [-0.4, -0.2) is 17.2 Å². The van der Waals surface area contributed by atoms with E-state index in [-0.39, 0.29) is 6.04 Å². The molecule has 0 aromatic carbocycles. The van der Waals surface area contributed by atoms with Gasteiger partial charge in [0.25, 0.3) is 0 Å². The van der Waals surface area contributed by atoms with E-state index < -0.39 is 12.1 Å². The van der Waals surface area contributed by atoms with Crippen LogP contribution in [0.25, 0.3) is 0 Å². The normalized spacial score (nSPS) is 26.4. The predicted molar refractivity (Wildman–Crippen MR) is 50.4 cm³/mol. The maximum absolute atomic E-state index is 12.8. The monoisotopic (exact) mass is 198 g/mol. The van der Waals surface area contributed by atoms with Crippen LogP contribution in [0.3, 0.4) is 0 Å². The molecule has 2 nitrogen and oxygen atoms in total. The fourth-order valence-corrected chi connectivity index (χ4v) is 1.76. The van der Waals surface area contributed by atoms with E-state index in [2.05, 4.69) is 10.3 Å². The van der Waals surface area contributed by atoms with Gasteiger partial charge in [0, 0.05) is 6.04 Å². The van der Waals surface area contributed by atoms with Gasteiger partial charge in [0.2, 0.25) is 5.95 Å². The molecule has 1 aromatic rings. The molecule has 0 spiro atoms. The van der Waals surface area contributed by atoms with Crippen molar-refractivity contribution in [3.63, 3.8) is 0 Å². The lowest BCUT2D eigenvalue weighted by molar-refractivity contribution is 0.341. The smallest absolute Gasteiger partial charge is 0.214 e. The fraction of sp³-hybridized carbons (Fsp3) is 0.500. The van der Waals surface area contributed by atoms with Crippen molar-refractivity contribution < 1.29 is 8.78 Å². The van der Waals surface area contributed by atoms with Crippen LogP contribution in [0.2, 0.25) is 0 Å². The van der Waals surface area contributed by atoms with Crippen molar-refractivity contribution in [2.45, 2.75) is 31.5 Å². The third-order valence-corrected chi connectivity index (χ3v) is 2.44. The van der Waals surface area contributed by atoms with Crippen molar-refractivity contribution in [2.75, 3.05) is 5.32 Å². The van der Waals surface area contributed by atoms with E-state index in [9.17, 15) is 8.78 Å². The van der Waals surface area contributed by atoms with Crippen LogP contribution in [0.15, 0.2) is 18.2 Å². The Morgan fingerprint density at radius 3 is 2.86 bits per heavy atom. The van der Waals surface area contributed by atoms with Crippen LogP contribution < -0.4 is 5.32 Å². The van der Waals surface area contributed by atoms with Gasteiger partial charge in [0.15, 0.2) is 0 Å². The Hall–Kier alpha value is -1.19. The number of hydrogen-bond donors (Lipinski definition) is 1. The molecule has 2 atom stereocenters. The Balaban J connectivity index is 1.97. The quantitative estimate of drug-likeness (QED) is 0.738. The molecule has 0 saturated heterocycles. The number of alkyl halides is 1. The van der Waals surface area contributed by atoms with Crippen LogP contribution in [0, 0.1) is 5.95 Å². The van der Waals surface area contributed by atoms with Gasteiger partial charge in [-0.25, -0.2) is 9.37 Å². The Morgan fingerprint density at radius 1 is 1.36 bits per heavy atom. The summed E-state index contributed by atoms with van der Waals surface area (Å²) in [6, 6.07) is 4.66. The third kappa shape index (κ3) is 2.19. The molecule has 0 amide bonds. The van der Waals surface area contributed by atoms with Gasteiger partial charge in [-0.3, -0.25) is 0 Å². The van der Waals surface area contributed by atoms with Crippen LogP contribution in [0.5, 0.6) is 0 Å². The average Bonchev–Trinajstić information content (AvgIpc) is 2.51. The molecule has 0 radical (unpaired) electrons. The summed E-state index contributed by atoms with van der Waals surface area (Å²) in [6.07, 6.45) is 1.16. The summed E-state index contributed by atoms with van der Waals surface area (Å²) in [5, 5.41) is 3.02. The van der Waals surface area contributed by atoms with Crippen LogP contribution in [0.1, 0.15) is 19.3 Å². The lowest BCUT2D eigenvalue weighted by Crippen LogP contribution is -2.16. The Bertz CT molecular complexity index is 317. The molecule has 0 aliphatic heterocycles. The van der Waals surface area contributed by atoms with Gasteiger partial charge >= 0.3 is 0 Å². The molecule has 0 bridgehead atoms. The van der Waals surface area contributed by atoms with E-state index in [1.54, 1.807) is 12.1 Å². The van der Waals surface area contributed by atoms with E-state index >= 15 is 0 Å². The molecular formula is C10H12F2N2. The number of nitrogens with zero attached hydrogens (tertiary/aromatic N) is 1. The molecule has 1 N–H and O–H groups in total. The summed E-state index contributed by atoms with van der Waals surface area (Å²) in [7, 11) is 0. The largest absolute Gasteiger partial charge is 0.367 e. The van der Waals surface area contributed by atoms with Crippen LogP contribution >= 0.6 is 0 Å². The van der Waals surface area contributed by atoms with E-state index in [0.29, 0.717) is 18.7 Å². The SMILES string of the molecule is Fc1cccc(NC2CCC(F)C2)n1. The molecule has 1 saturated carbocycles. The third-order valence-electron chi connectivity index (χ3n) is 2.44. The standard InChI is InChI=1S/C10H12F2N2/c11-7-4-5-8(6-7)13-10-3-1-2-9(12)14-10/h1-3,7-8H,4-6H2,(H,13,14). The summed E-state index contributed by atoms with van der Waals surface area (Å²) in [4.78, 5) is 3.66. The average molecular weight is 198 g/mol. The number of hydrogen-bond acceptors (Lipinski definition) is 2. The zero-order valence-electron chi connectivity index (χ0n) is 7.71. The minimum Gasteiger partial charge on any atom is -0.367 e. The number of anilines is 1. The molecule has 2 unspecified atom stereocenters. The van der Waals surface area contributed by atoms with E-state index in [4.69, 9.17) is 0 Å². The molecule has 1 fully saturated rings. The second-order valence-electron chi connectivity index (χ2n) is 3.60. The molecule has 4 heteroatoms. The number of rotatable bonds is 2. The zero-order valence-corrected chi connectivity index (χ0v) is 7.71. The lowest BCUT2D eigenvalue weighted by Gasteiger charge is -2.11. The molecular weight excluding hydrogens is 186 g/mol. The van der Waals surface area contributed by atoms with Crippen molar-refractivity contribution in [3.05, 3.63) is 24.1 Å². The summed E-state index contributed by atoms with van der Waals surface area (Å²) >= 11 is 0. The Morgan fingerprint density at radius 2 is 2.21 bits per heavy atom. The lowest BCUT2D eigenvalue weighted by atomic mass is 10.2. The Kier molecular flexibility index (Phi) is 2.61. The highest BCUT2D eigenvalue weighted by atomic mass is 19.1. The van der Waals surface area contributed by atoms with E-state index in [1.807, 2.05) is 0 Å². The summed E-state index contributed by atoms with van der Waals surface area (Å²) < 4.78 is 25.5. The van der Waals surface area contributed by atoms with Crippen LogP contribution in [-0.2, 0) is 0 Å². The fourth-order valence-electron chi connectivity index (χ4n) is 1.76. The first-order valence-electron chi connectivity index (χ1n) is 4.77. The second-order valence-corrected chi connectivity index (χ2v) is 3.60. The van der Waals surface area contributed by atoms with Gasteiger partial charge in [-0.1, -0.05) is 6.07 Å². The van der Waals surface area contributed by atoms with Crippen molar-refractivity contribution in [1.82, 2.24) is 4.98 Å². The Labute approximate surface area is 81.4 Å². The summed E-state index contributed by atoms with van der Waals surface area (Å²) in [6.45, 7) is 0. The molecule has 14 heavy (non-hydrogen) atoms. The van der Waals surface area contributed by atoms with Gasteiger partial charge in [0.05, 0.1) is 0 Å². The summed E-state index contributed by atoms with van der Waals surface area (Å²) in [5.74, 6) is -0.0195. The molecule has 1 aliphatic rings. The molecule has 1 aromatic heterocycles. The minimum absolute atomic E-state index is 0.0966. The van der Waals surface area contributed by atoms with Gasteiger partial charge in [0.1, 0.15) is 12.0 Å². The van der Waals surface area contributed by atoms with Crippen molar-refractivity contribution in [3.8, 4) is 0 Å². The zero-order chi connectivity index (χ0) is 9.97. The maximum atomic E-state index is 12.8. The second kappa shape index (κ2) is 3.90. The maximum Gasteiger partial charge on any atom is 0.214 e. The number of halogens is 2. The highest BCUT2D eigenvalue weighted by Gasteiger charge is 2.24. The van der Waals surface area contributed by atoms with Crippen LogP contribution in [0.4, 0.5) is 14.6 Å². The number of pyridine rings is 1. The summed E-state index contributed by atoms with van der Waals surface area (Å²) in [5.41, 5.74) is 0. The highest BCUT2D eigenvalue weighted by molar-refractivity contribution is 5.35. The van der Waals surface area contributed by atoms with E-state index in [1.165, 1.54) is 6.07 Å². The number of aromatic nitrogens is 1. The minimum atomic E-state index is -0.721. The van der Waals surface area contributed by atoms with E-state index in [0.717, 1.165) is 6.42 Å². The molecule has 1 heterocycles. The van der Waals surface area contributed by atoms with Gasteiger partial charge in [-0.05, 0) is 31.4 Å². The first-order valence-corrected chi connectivity index (χ1v) is 4.77. The number of nitrogens with one attached hydrogen (secondary N) is 1. The van der Waals surface area contributed by atoms with Crippen molar-refractivity contribution >= 4 is 5.82 Å². The molecule has 76 valence electrons. The van der Waals surface area contributed by atoms with Gasteiger partial charge in [-0.15, -0.1) is 0 Å².